The second kappa shape index (κ2) is 6.55. The van der Waals surface area contributed by atoms with Gasteiger partial charge in [0.15, 0.2) is 5.82 Å². The van der Waals surface area contributed by atoms with Crippen LogP contribution in [0.25, 0.3) is 0 Å². The van der Waals surface area contributed by atoms with Crippen molar-refractivity contribution in [1.29, 1.82) is 0 Å². The molecule has 1 amide bonds. The summed E-state index contributed by atoms with van der Waals surface area (Å²) in [5.74, 6) is 0.0743. The van der Waals surface area contributed by atoms with Crippen molar-refractivity contribution >= 4 is 28.3 Å². The first-order valence-corrected chi connectivity index (χ1v) is 6.61. The minimum atomic E-state index is -0.205. The Hall–Kier alpha value is -1.34. The van der Waals surface area contributed by atoms with Gasteiger partial charge < -0.3 is 21.3 Å². The SMILES string of the molecule is CNC(=O)c1c(N)nsc1NC(C)CCN(C)C. The van der Waals surface area contributed by atoms with E-state index in [1.165, 1.54) is 11.5 Å². The van der Waals surface area contributed by atoms with Gasteiger partial charge in [-0.1, -0.05) is 0 Å². The van der Waals surface area contributed by atoms with Crippen molar-refractivity contribution in [3.05, 3.63) is 5.56 Å². The summed E-state index contributed by atoms with van der Waals surface area (Å²) in [4.78, 5) is 13.8. The van der Waals surface area contributed by atoms with E-state index >= 15 is 0 Å². The number of anilines is 2. The molecule has 0 aliphatic carbocycles. The number of nitrogens with zero attached hydrogens (tertiary/aromatic N) is 2. The van der Waals surface area contributed by atoms with E-state index < -0.39 is 0 Å². The van der Waals surface area contributed by atoms with E-state index in [0.29, 0.717) is 5.56 Å². The lowest BCUT2D eigenvalue weighted by Gasteiger charge is -2.17. The zero-order chi connectivity index (χ0) is 13.7. The lowest BCUT2D eigenvalue weighted by Crippen LogP contribution is -2.25. The highest BCUT2D eigenvalue weighted by Crippen LogP contribution is 2.27. The van der Waals surface area contributed by atoms with E-state index in [1.54, 1.807) is 7.05 Å². The van der Waals surface area contributed by atoms with Crippen LogP contribution in [-0.2, 0) is 0 Å². The summed E-state index contributed by atoms with van der Waals surface area (Å²) in [7, 11) is 5.65. The van der Waals surface area contributed by atoms with E-state index in [-0.39, 0.29) is 17.8 Å². The predicted octanol–water partition coefficient (Wildman–Crippen LogP) is 0.837. The van der Waals surface area contributed by atoms with E-state index in [0.717, 1.165) is 18.0 Å². The molecule has 0 radical (unpaired) electrons. The fraction of sp³-hybridized carbons (Fsp3) is 0.636. The van der Waals surface area contributed by atoms with Crippen LogP contribution < -0.4 is 16.4 Å². The Morgan fingerprint density at radius 2 is 2.22 bits per heavy atom. The molecule has 0 spiro atoms. The van der Waals surface area contributed by atoms with Gasteiger partial charge in [-0.15, -0.1) is 0 Å². The number of rotatable bonds is 6. The van der Waals surface area contributed by atoms with E-state index in [4.69, 9.17) is 5.73 Å². The van der Waals surface area contributed by atoms with Gasteiger partial charge in [-0.3, -0.25) is 4.79 Å². The maximum absolute atomic E-state index is 11.7. The van der Waals surface area contributed by atoms with Crippen molar-refractivity contribution in [1.82, 2.24) is 14.6 Å². The first kappa shape index (κ1) is 14.7. The molecule has 0 aliphatic rings. The predicted molar refractivity (Wildman–Crippen MR) is 76.2 cm³/mol. The van der Waals surface area contributed by atoms with Gasteiger partial charge in [-0.2, -0.15) is 4.37 Å². The molecular formula is C11H21N5OS. The molecule has 0 bridgehead atoms. The van der Waals surface area contributed by atoms with Crippen molar-refractivity contribution in [3.63, 3.8) is 0 Å². The first-order chi connectivity index (χ1) is 8.45. The lowest BCUT2D eigenvalue weighted by atomic mass is 10.2. The van der Waals surface area contributed by atoms with Crippen LogP contribution in [0.1, 0.15) is 23.7 Å². The minimum absolute atomic E-state index is 0.205. The Kier molecular flexibility index (Phi) is 5.36. The monoisotopic (exact) mass is 271 g/mol. The van der Waals surface area contributed by atoms with Gasteiger partial charge in [-0.05, 0) is 45.5 Å². The lowest BCUT2D eigenvalue weighted by molar-refractivity contribution is 0.0965. The highest BCUT2D eigenvalue weighted by Gasteiger charge is 2.19. The highest BCUT2D eigenvalue weighted by molar-refractivity contribution is 7.11. The van der Waals surface area contributed by atoms with Gasteiger partial charge in [0, 0.05) is 13.1 Å². The zero-order valence-corrected chi connectivity index (χ0v) is 12.1. The van der Waals surface area contributed by atoms with Crippen LogP contribution in [0.2, 0.25) is 0 Å². The Labute approximate surface area is 112 Å². The van der Waals surface area contributed by atoms with Crippen LogP contribution in [0.3, 0.4) is 0 Å². The average molecular weight is 271 g/mol. The third-order valence-corrected chi connectivity index (χ3v) is 3.35. The Balaban J connectivity index is 2.70. The Bertz CT molecular complexity index is 404. The third kappa shape index (κ3) is 3.85. The van der Waals surface area contributed by atoms with Crippen molar-refractivity contribution in [3.8, 4) is 0 Å². The molecule has 4 N–H and O–H groups in total. The summed E-state index contributed by atoms with van der Waals surface area (Å²) in [6.45, 7) is 3.06. The quantitative estimate of drug-likeness (QED) is 0.714. The topological polar surface area (TPSA) is 83.3 Å². The van der Waals surface area contributed by atoms with Crippen molar-refractivity contribution in [2.75, 3.05) is 38.7 Å². The molecule has 0 fully saturated rings. The minimum Gasteiger partial charge on any atom is -0.382 e. The largest absolute Gasteiger partial charge is 0.382 e. The number of aromatic nitrogens is 1. The molecule has 0 saturated heterocycles. The zero-order valence-electron chi connectivity index (χ0n) is 11.3. The molecule has 1 aromatic heterocycles. The molecular weight excluding hydrogens is 250 g/mol. The summed E-state index contributed by atoms with van der Waals surface area (Å²) < 4.78 is 4.02. The fourth-order valence-corrected chi connectivity index (χ4v) is 2.32. The van der Waals surface area contributed by atoms with Crippen LogP contribution in [0.15, 0.2) is 0 Å². The number of hydrogen-bond donors (Lipinski definition) is 3. The molecule has 0 aliphatic heterocycles. The molecule has 0 saturated carbocycles. The van der Waals surface area contributed by atoms with E-state index in [9.17, 15) is 4.79 Å². The van der Waals surface area contributed by atoms with Gasteiger partial charge in [0.25, 0.3) is 5.91 Å². The molecule has 1 rings (SSSR count). The highest BCUT2D eigenvalue weighted by atomic mass is 32.1. The Morgan fingerprint density at radius 3 is 2.78 bits per heavy atom. The average Bonchev–Trinajstić information content (AvgIpc) is 2.67. The van der Waals surface area contributed by atoms with Gasteiger partial charge >= 0.3 is 0 Å². The van der Waals surface area contributed by atoms with Crippen molar-refractivity contribution < 1.29 is 4.79 Å². The molecule has 1 aromatic rings. The molecule has 1 unspecified atom stereocenters. The van der Waals surface area contributed by atoms with Gasteiger partial charge in [-0.25, -0.2) is 0 Å². The Morgan fingerprint density at radius 1 is 1.56 bits per heavy atom. The van der Waals surface area contributed by atoms with Crippen LogP contribution >= 0.6 is 11.5 Å². The molecule has 7 heteroatoms. The molecule has 18 heavy (non-hydrogen) atoms. The maximum atomic E-state index is 11.7. The van der Waals surface area contributed by atoms with Crippen molar-refractivity contribution in [2.24, 2.45) is 0 Å². The summed E-state index contributed by atoms with van der Waals surface area (Å²) in [6, 6.07) is 0.260. The van der Waals surface area contributed by atoms with Gasteiger partial charge in [0.1, 0.15) is 10.6 Å². The van der Waals surface area contributed by atoms with Crippen LogP contribution in [-0.4, -0.2) is 48.9 Å². The maximum Gasteiger partial charge on any atom is 0.257 e. The molecule has 1 heterocycles. The van der Waals surface area contributed by atoms with Gasteiger partial charge in [0.05, 0.1) is 0 Å². The number of amides is 1. The number of nitrogen functional groups attached to an aromatic ring is 1. The van der Waals surface area contributed by atoms with Crippen LogP contribution in [0, 0.1) is 0 Å². The third-order valence-electron chi connectivity index (χ3n) is 2.56. The number of carbonyl (C=O) groups is 1. The normalized spacial score (nSPS) is 12.5. The van der Waals surface area contributed by atoms with Crippen LogP contribution in [0.4, 0.5) is 10.8 Å². The number of carbonyl (C=O) groups excluding carboxylic acids is 1. The summed E-state index contributed by atoms with van der Waals surface area (Å²) >= 11 is 1.22. The second-order valence-corrected chi connectivity index (χ2v) is 5.26. The standard InChI is InChI=1S/C11H21N5OS/c1-7(5-6-16(3)4)14-11-8(10(17)13-2)9(12)15-18-11/h7,14H,5-6H2,1-4H3,(H2,12,15)(H,13,17). The molecule has 6 nitrogen and oxygen atoms in total. The summed E-state index contributed by atoms with van der Waals surface area (Å²) in [5, 5.41) is 6.60. The van der Waals surface area contributed by atoms with E-state index in [1.807, 2.05) is 14.1 Å². The van der Waals surface area contributed by atoms with E-state index in [2.05, 4.69) is 26.8 Å². The number of hydrogen-bond acceptors (Lipinski definition) is 6. The first-order valence-electron chi connectivity index (χ1n) is 5.84. The second-order valence-electron chi connectivity index (χ2n) is 4.49. The summed E-state index contributed by atoms with van der Waals surface area (Å²) in [5.41, 5.74) is 6.15. The number of nitrogens with one attached hydrogen (secondary N) is 2. The van der Waals surface area contributed by atoms with Gasteiger partial charge in [0.2, 0.25) is 0 Å². The molecule has 1 atom stereocenters. The fourth-order valence-electron chi connectivity index (χ4n) is 1.49. The molecule has 102 valence electrons. The van der Waals surface area contributed by atoms with Crippen LogP contribution in [0.5, 0.6) is 0 Å². The smallest absolute Gasteiger partial charge is 0.257 e. The summed E-state index contributed by atoms with van der Waals surface area (Å²) in [6.07, 6.45) is 0.984. The molecule has 0 aromatic carbocycles. The van der Waals surface area contributed by atoms with Crippen molar-refractivity contribution in [2.45, 2.75) is 19.4 Å². The number of nitrogens with two attached hydrogens (primary N) is 1.